The number of nitrogens with zero attached hydrogens (tertiary/aromatic N) is 2. The van der Waals surface area contributed by atoms with Gasteiger partial charge in [-0.05, 0) is 54.0 Å². The van der Waals surface area contributed by atoms with Crippen molar-refractivity contribution >= 4 is 37.5 Å². The van der Waals surface area contributed by atoms with Crippen molar-refractivity contribution in [3.8, 4) is 0 Å². The Bertz CT molecular complexity index is 665. The van der Waals surface area contributed by atoms with Gasteiger partial charge in [0.25, 0.3) is 0 Å². The number of benzene rings is 1. The molecular weight excluding hydrogens is 386 g/mol. The summed E-state index contributed by atoms with van der Waals surface area (Å²) in [6, 6.07) is 7.93. The van der Waals surface area contributed by atoms with Crippen LogP contribution in [0.2, 0.25) is 0 Å². The molecule has 6 heteroatoms. The van der Waals surface area contributed by atoms with E-state index >= 15 is 0 Å². The Balaban J connectivity index is 2.06. The van der Waals surface area contributed by atoms with E-state index in [0.29, 0.717) is 13.1 Å². The number of hydrogen-bond donors (Lipinski definition) is 1. The molecule has 0 aliphatic carbocycles. The van der Waals surface area contributed by atoms with Crippen LogP contribution < -0.4 is 11.0 Å². The Morgan fingerprint density at radius 3 is 2.50 bits per heavy atom. The Morgan fingerprint density at radius 1 is 1.20 bits per heavy atom. The van der Waals surface area contributed by atoms with Gasteiger partial charge in [-0.15, -0.1) is 0 Å². The molecule has 0 radical (unpaired) electrons. The molecule has 0 atom stereocenters. The molecule has 20 heavy (non-hydrogen) atoms. The summed E-state index contributed by atoms with van der Waals surface area (Å²) in [5, 5.41) is 3.29. The van der Waals surface area contributed by atoms with Crippen LogP contribution in [0.5, 0.6) is 0 Å². The average Bonchev–Trinajstić information content (AvgIpc) is 2.42. The van der Waals surface area contributed by atoms with Gasteiger partial charge in [0.2, 0.25) is 0 Å². The van der Waals surface area contributed by atoms with E-state index in [1.165, 1.54) is 0 Å². The van der Waals surface area contributed by atoms with Crippen LogP contribution in [0.15, 0.2) is 38.0 Å². The number of aromatic nitrogens is 2. The van der Waals surface area contributed by atoms with E-state index in [0.717, 1.165) is 26.0 Å². The van der Waals surface area contributed by atoms with E-state index in [-0.39, 0.29) is 5.69 Å². The minimum absolute atomic E-state index is 0.208. The van der Waals surface area contributed by atoms with Crippen molar-refractivity contribution in [2.24, 2.45) is 0 Å². The van der Waals surface area contributed by atoms with E-state index in [4.69, 9.17) is 0 Å². The molecule has 1 aromatic heterocycles. The smallest absolute Gasteiger partial charge is 0.348 e. The topological polar surface area (TPSA) is 46.9 Å². The fourth-order valence-corrected chi connectivity index (χ4v) is 2.49. The van der Waals surface area contributed by atoms with Crippen LogP contribution in [0, 0.1) is 13.8 Å². The van der Waals surface area contributed by atoms with Crippen molar-refractivity contribution in [3.05, 3.63) is 55.1 Å². The van der Waals surface area contributed by atoms with E-state index in [9.17, 15) is 4.79 Å². The lowest BCUT2D eigenvalue weighted by Crippen LogP contribution is -2.29. The van der Waals surface area contributed by atoms with Crippen LogP contribution in [0.4, 0.5) is 5.69 Å². The van der Waals surface area contributed by atoms with Crippen molar-refractivity contribution in [2.45, 2.75) is 20.4 Å². The summed E-state index contributed by atoms with van der Waals surface area (Å²) in [4.78, 5) is 15.9. The van der Waals surface area contributed by atoms with Crippen molar-refractivity contribution in [1.82, 2.24) is 9.55 Å². The standard InChI is InChI=1S/C14H15Br2N3O/c1-9-13(16)10(2)19(14(20)18-9)8-7-17-12-5-3-11(15)4-6-12/h3-6,17H,7-8H2,1-2H3. The van der Waals surface area contributed by atoms with Crippen molar-refractivity contribution in [3.63, 3.8) is 0 Å². The Hall–Kier alpha value is -1.14. The lowest BCUT2D eigenvalue weighted by atomic mass is 10.3. The Morgan fingerprint density at radius 2 is 1.85 bits per heavy atom. The third-order valence-corrected chi connectivity index (χ3v) is 4.72. The molecule has 2 rings (SSSR count). The molecule has 2 aromatic rings. The highest BCUT2D eigenvalue weighted by Crippen LogP contribution is 2.17. The van der Waals surface area contributed by atoms with E-state index in [1.807, 2.05) is 38.1 Å². The maximum Gasteiger partial charge on any atom is 0.348 e. The van der Waals surface area contributed by atoms with E-state index in [2.05, 4.69) is 42.2 Å². The summed E-state index contributed by atoms with van der Waals surface area (Å²) in [7, 11) is 0. The van der Waals surface area contributed by atoms with Crippen molar-refractivity contribution < 1.29 is 0 Å². The zero-order chi connectivity index (χ0) is 14.7. The second-order valence-electron chi connectivity index (χ2n) is 4.46. The molecule has 0 unspecified atom stereocenters. The fraction of sp³-hybridized carbons (Fsp3) is 0.286. The number of rotatable bonds is 4. The molecule has 1 N–H and O–H groups in total. The maximum atomic E-state index is 11.9. The van der Waals surface area contributed by atoms with Gasteiger partial charge in [0, 0.05) is 28.9 Å². The van der Waals surface area contributed by atoms with Gasteiger partial charge < -0.3 is 5.32 Å². The first-order valence-corrected chi connectivity index (χ1v) is 7.80. The van der Waals surface area contributed by atoms with E-state index < -0.39 is 0 Å². The highest BCUT2D eigenvalue weighted by molar-refractivity contribution is 9.10. The van der Waals surface area contributed by atoms with Gasteiger partial charge in [-0.25, -0.2) is 4.79 Å². The second kappa shape index (κ2) is 6.54. The minimum Gasteiger partial charge on any atom is -0.383 e. The molecule has 0 saturated heterocycles. The summed E-state index contributed by atoms with van der Waals surface area (Å²) in [5.74, 6) is 0. The zero-order valence-electron chi connectivity index (χ0n) is 11.3. The summed E-state index contributed by atoms with van der Waals surface area (Å²) in [6.07, 6.45) is 0. The van der Waals surface area contributed by atoms with Crippen molar-refractivity contribution in [2.75, 3.05) is 11.9 Å². The van der Waals surface area contributed by atoms with Gasteiger partial charge in [0.1, 0.15) is 0 Å². The number of aryl methyl sites for hydroxylation is 1. The van der Waals surface area contributed by atoms with Crippen LogP contribution in [0.3, 0.4) is 0 Å². The molecule has 1 heterocycles. The normalized spacial score (nSPS) is 10.6. The lowest BCUT2D eigenvalue weighted by Gasteiger charge is -2.13. The number of hydrogen-bond acceptors (Lipinski definition) is 3. The number of nitrogens with one attached hydrogen (secondary N) is 1. The molecule has 0 aliphatic heterocycles. The second-order valence-corrected chi connectivity index (χ2v) is 6.17. The largest absolute Gasteiger partial charge is 0.383 e. The number of anilines is 1. The zero-order valence-corrected chi connectivity index (χ0v) is 14.5. The molecule has 1 aromatic carbocycles. The minimum atomic E-state index is -0.208. The predicted octanol–water partition coefficient (Wildman–Crippen LogP) is 3.50. The highest BCUT2D eigenvalue weighted by atomic mass is 79.9. The van der Waals surface area contributed by atoms with Crippen LogP contribution in [-0.4, -0.2) is 16.1 Å². The third kappa shape index (κ3) is 3.49. The summed E-state index contributed by atoms with van der Waals surface area (Å²) in [5.41, 5.74) is 2.45. The Labute approximate surface area is 134 Å². The number of halogens is 2. The first kappa shape index (κ1) is 15.3. The van der Waals surface area contributed by atoms with Gasteiger partial charge in [0.05, 0.1) is 10.2 Å². The highest BCUT2D eigenvalue weighted by Gasteiger charge is 2.08. The van der Waals surface area contributed by atoms with Crippen molar-refractivity contribution in [1.29, 1.82) is 0 Å². The van der Waals surface area contributed by atoms with Crippen LogP contribution in [0.1, 0.15) is 11.4 Å². The molecule has 0 saturated carbocycles. The van der Waals surface area contributed by atoms with Crippen LogP contribution in [0.25, 0.3) is 0 Å². The lowest BCUT2D eigenvalue weighted by molar-refractivity contribution is 0.643. The third-order valence-electron chi connectivity index (χ3n) is 3.04. The molecule has 4 nitrogen and oxygen atoms in total. The van der Waals surface area contributed by atoms with Gasteiger partial charge in [-0.1, -0.05) is 15.9 Å². The quantitative estimate of drug-likeness (QED) is 0.854. The molecule has 0 fully saturated rings. The first-order valence-electron chi connectivity index (χ1n) is 6.22. The van der Waals surface area contributed by atoms with Gasteiger partial charge in [0.15, 0.2) is 0 Å². The van der Waals surface area contributed by atoms with Crippen LogP contribution >= 0.6 is 31.9 Å². The maximum absolute atomic E-state index is 11.9. The molecule has 0 aliphatic rings. The summed E-state index contributed by atoms with van der Waals surface area (Å²) < 4.78 is 3.60. The first-order chi connectivity index (χ1) is 9.49. The fourth-order valence-electron chi connectivity index (χ4n) is 1.92. The SMILES string of the molecule is Cc1nc(=O)n(CCNc2ccc(Br)cc2)c(C)c1Br. The summed E-state index contributed by atoms with van der Waals surface area (Å²) >= 11 is 6.86. The molecular formula is C14H15Br2N3O. The van der Waals surface area contributed by atoms with Gasteiger partial charge in [-0.2, -0.15) is 4.98 Å². The predicted molar refractivity (Wildman–Crippen MR) is 88.3 cm³/mol. The Kier molecular flexibility index (Phi) is 4.99. The monoisotopic (exact) mass is 399 g/mol. The van der Waals surface area contributed by atoms with Gasteiger partial charge in [-0.3, -0.25) is 4.57 Å². The van der Waals surface area contributed by atoms with E-state index in [1.54, 1.807) is 4.57 Å². The molecule has 106 valence electrons. The molecule has 0 spiro atoms. The molecule has 0 bridgehead atoms. The average molecular weight is 401 g/mol. The molecule has 0 amide bonds. The summed E-state index contributed by atoms with van der Waals surface area (Å²) in [6.45, 7) is 4.98. The van der Waals surface area contributed by atoms with Gasteiger partial charge >= 0.3 is 5.69 Å². The van der Waals surface area contributed by atoms with Crippen LogP contribution in [-0.2, 0) is 6.54 Å².